The van der Waals surface area contributed by atoms with Crippen LogP contribution in [-0.2, 0) is 23.0 Å². The fourth-order valence-electron chi connectivity index (χ4n) is 3.36. The van der Waals surface area contributed by atoms with Crippen LogP contribution in [0.25, 0.3) is 11.4 Å². The van der Waals surface area contributed by atoms with Crippen LogP contribution in [0.4, 0.5) is 8.78 Å². The Bertz CT molecular complexity index is 1270. The fraction of sp³-hybridized carbons (Fsp3) is 0.200. The first-order chi connectivity index (χ1) is 14.3. The second-order valence-electron chi connectivity index (χ2n) is 6.73. The smallest absolute Gasteiger partial charge is 0.254 e. The molecule has 1 aliphatic rings. The monoisotopic (exact) mass is 433 g/mol. The molecule has 0 amide bonds. The summed E-state index contributed by atoms with van der Waals surface area (Å²) in [7, 11) is -2.80. The van der Waals surface area contributed by atoms with Crippen molar-refractivity contribution in [3.63, 3.8) is 0 Å². The first kappa shape index (κ1) is 20.2. The van der Waals surface area contributed by atoms with E-state index in [0.717, 1.165) is 16.4 Å². The number of benzene rings is 2. The molecule has 1 aromatic heterocycles. The zero-order chi connectivity index (χ0) is 21.5. The number of H-pyrrole nitrogens is 1. The summed E-state index contributed by atoms with van der Waals surface area (Å²) in [6.07, 6.45) is 0.151. The Hall–Kier alpha value is -3.11. The molecule has 7 nitrogen and oxygen atoms in total. The van der Waals surface area contributed by atoms with Crippen LogP contribution in [0, 0.1) is 11.6 Å². The molecular weight excluding hydrogens is 416 g/mol. The molecule has 1 aliphatic heterocycles. The summed E-state index contributed by atoms with van der Waals surface area (Å²) < 4.78 is 59.4. The van der Waals surface area contributed by atoms with Crippen LogP contribution in [0.3, 0.4) is 0 Å². The van der Waals surface area contributed by atoms with Gasteiger partial charge in [0.25, 0.3) is 5.56 Å². The molecule has 0 unspecified atom stereocenters. The minimum absolute atomic E-state index is 0.0214. The lowest BCUT2D eigenvalue weighted by atomic mass is 10.1. The van der Waals surface area contributed by atoms with E-state index in [0.29, 0.717) is 16.8 Å². The van der Waals surface area contributed by atoms with Crippen molar-refractivity contribution >= 4 is 10.0 Å². The second kappa shape index (κ2) is 7.62. The van der Waals surface area contributed by atoms with E-state index >= 15 is 0 Å². The van der Waals surface area contributed by atoms with Gasteiger partial charge >= 0.3 is 0 Å². The normalized spacial score (nSPS) is 14.4. The summed E-state index contributed by atoms with van der Waals surface area (Å²) in [5.41, 5.74) is 0.796. The van der Waals surface area contributed by atoms with Gasteiger partial charge in [0.15, 0.2) is 0 Å². The first-order valence-corrected chi connectivity index (χ1v) is 10.5. The number of halogens is 2. The highest BCUT2D eigenvalue weighted by atomic mass is 32.2. The number of rotatable bonds is 4. The average Bonchev–Trinajstić information content (AvgIpc) is 2.73. The van der Waals surface area contributed by atoms with E-state index in [2.05, 4.69) is 9.97 Å². The van der Waals surface area contributed by atoms with E-state index in [-0.39, 0.29) is 41.5 Å². The van der Waals surface area contributed by atoms with E-state index in [4.69, 9.17) is 4.74 Å². The van der Waals surface area contributed by atoms with Gasteiger partial charge in [0, 0.05) is 17.7 Å². The van der Waals surface area contributed by atoms with Gasteiger partial charge in [0.1, 0.15) is 28.1 Å². The third-order valence-electron chi connectivity index (χ3n) is 4.90. The summed E-state index contributed by atoms with van der Waals surface area (Å²) in [6.45, 7) is -0.120. The summed E-state index contributed by atoms with van der Waals surface area (Å²) >= 11 is 0. The molecule has 3 aromatic rings. The molecule has 156 valence electrons. The van der Waals surface area contributed by atoms with Crippen molar-refractivity contribution in [3.8, 4) is 17.1 Å². The molecule has 0 aliphatic carbocycles. The van der Waals surface area contributed by atoms with Crippen LogP contribution in [0.1, 0.15) is 11.3 Å². The lowest BCUT2D eigenvalue weighted by molar-refractivity contribution is 0.372. The van der Waals surface area contributed by atoms with Gasteiger partial charge in [-0.2, -0.15) is 4.31 Å². The number of ether oxygens (including phenoxy) is 1. The SMILES string of the molecule is COc1ccc(F)cc1S(=O)(=O)N1CCc2c(nc(-c3ccc(F)cc3)[nH]c2=O)C1. The Labute approximate surface area is 171 Å². The van der Waals surface area contributed by atoms with E-state index in [1.807, 2.05) is 0 Å². The maximum Gasteiger partial charge on any atom is 0.254 e. The summed E-state index contributed by atoms with van der Waals surface area (Å²) in [4.78, 5) is 19.3. The van der Waals surface area contributed by atoms with Crippen molar-refractivity contribution in [2.24, 2.45) is 0 Å². The van der Waals surface area contributed by atoms with Crippen molar-refractivity contribution in [3.05, 3.63) is 75.7 Å². The quantitative estimate of drug-likeness (QED) is 0.683. The molecule has 0 saturated heterocycles. The van der Waals surface area contributed by atoms with Crippen molar-refractivity contribution in [2.75, 3.05) is 13.7 Å². The molecule has 0 atom stereocenters. The molecule has 2 aromatic carbocycles. The van der Waals surface area contributed by atoms with Crippen LogP contribution < -0.4 is 10.3 Å². The van der Waals surface area contributed by atoms with Crippen molar-refractivity contribution < 1.29 is 21.9 Å². The molecule has 0 fully saturated rings. The summed E-state index contributed by atoms with van der Waals surface area (Å²) in [6, 6.07) is 8.67. The highest BCUT2D eigenvalue weighted by Gasteiger charge is 2.33. The number of nitrogens with zero attached hydrogens (tertiary/aromatic N) is 2. The molecule has 1 N–H and O–H groups in total. The van der Waals surface area contributed by atoms with E-state index in [1.54, 1.807) is 0 Å². The van der Waals surface area contributed by atoms with Crippen molar-refractivity contribution in [2.45, 2.75) is 17.9 Å². The number of aromatic nitrogens is 2. The van der Waals surface area contributed by atoms with E-state index in [1.165, 1.54) is 37.4 Å². The van der Waals surface area contributed by atoms with Gasteiger partial charge in [-0.15, -0.1) is 0 Å². The van der Waals surface area contributed by atoms with Crippen LogP contribution in [0.15, 0.2) is 52.2 Å². The highest BCUT2D eigenvalue weighted by molar-refractivity contribution is 7.89. The Kier molecular flexibility index (Phi) is 5.12. The summed E-state index contributed by atoms with van der Waals surface area (Å²) in [5.74, 6) is -0.908. The van der Waals surface area contributed by atoms with Crippen molar-refractivity contribution in [1.82, 2.24) is 14.3 Å². The Balaban J connectivity index is 1.73. The number of hydrogen-bond donors (Lipinski definition) is 1. The number of hydrogen-bond acceptors (Lipinski definition) is 5. The molecular formula is C20H17F2N3O4S. The number of aromatic amines is 1. The van der Waals surface area contributed by atoms with Crippen LogP contribution in [0.2, 0.25) is 0 Å². The summed E-state index contributed by atoms with van der Waals surface area (Å²) in [5, 5.41) is 0. The van der Waals surface area contributed by atoms with E-state index in [9.17, 15) is 22.0 Å². The molecule has 2 heterocycles. The largest absolute Gasteiger partial charge is 0.495 e. The van der Waals surface area contributed by atoms with Crippen LogP contribution >= 0.6 is 0 Å². The molecule has 4 rings (SSSR count). The Morgan fingerprint density at radius 2 is 1.80 bits per heavy atom. The number of sulfonamides is 1. The lowest BCUT2D eigenvalue weighted by Crippen LogP contribution is -2.39. The predicted octanol–water partition coefficient (Wildman–Crippen LogP) is 2.47. The zero-order valence-electron chi connectivity index (χ0n) is 15.9. The van der Waals surface area contributed by atoms with Gasteiger partial charge in [0.05, 0.1) is 19.3 Å². The van der Waals surface area contributed by atoms with Gasteiger partial charge in [-0.1, -0.05) is 0 Å². The van der Waals surface area contributed by atoms with Gasteiger partial charge in [-0.3, -0.25) is 4.79 Å². The van der Waals surface area contributed by atoms with Crippen LogP contribution in [-0.4, -0.2) is 36.3 Å². The Morgan fingerprint density at radius 1 is 1.10 bits per heavy atom. The van der Waals surface area contributed by atoms with Gasteiger partial charge in [-0.25, -0.2) is 22.2 Å². The molecule has 0 saturated carbocycles. The Morgan fingerprint density at radius 3 is 2.50 bits per heavy atom. The minimum atomic E-state index is -4.10. The molecule has 30 heavy (non-hydrogen) atoms. The number of fused-ring (bicyclic) bond motifs is 1. The molecule has 0 bridgehead atoms. The zero-order valence-corrected chi connectivity index (χ0v) is 16.7. The molecule has 10 heteroatoms. The van der Waals surface area contributed by atoms with Gasteiger partial charge < -0.3 is 9.72 Å². The van der Waals surface area contributed by atoms with Crippen LogP contribution in [0.5, 0.6) is 5.75 Å². The van der Waals surface area contributed by atoms with Gasteiger partial charge in [0.2, 0.25) is 10.0 Å². The third-order valence-corrected chi connectivity index (χ3v) is 6.77. The maximum absolute atomic E-state index is 13.7. The van der Waals surface area contributed by atoms with E-state index < -0.39 is 21.7 Å². The first-order valence-electron chi connectivity index (χ1n) is 9.01. The molecule has 0 spiro atoms. The highest BCUT2D eigenvalue weighted by Crippen LogP contribution is 2.30. The average molecular weight is 433 g/mol. The molecule has 0 radical (unpaired) electrons. The minimum Gasteiger partial charge on any atom is -0.495 e. The number of nitrogens with one attached hydrogen (secondary N) is 1. The van der Waals surface area contributed by atoms with Crippen molar-refractivity contribution in [1.29, 1.82) is 0 Å². The number of methoxy groups -OCH3 is 1. The lowest BCUT2D eigenvalue weighted by Gasteiger charge is -2.27. The standard InChI is InChI=1S/C20H17F2N3O4S/c1-29-17-7-6-14(22)10-18(17)30(27,28)25-9-8-15-16(11-25)23-19(24-20(15)26)12-2-4-13(21)5-3-12/h2-7,10H,8-9,11H2,1H3,(H,23,24,26). The predicted molar refractivity (Wildman–Crippen MR) is 105 cm³/mol. The van der Waals surface area contributed by atoms with Gasteiger partial charge in [-0.05, 0) is 48.9 Å². The maximum atomic E-state index is 13.7. The fourth-order valence-corrected chi connectivity index (χ4v) is 4.93. The topological polar surface area (TPSA) is 92.4 Å². The third kappa shape index (κ3) is 3.59. The second-order valence-corrected chi connectivity index (χ2v) is 8.64.